The van der Waals surface area contributed by atoms with Crippen molar-refractivity contribution in [3.05, 3.63) is 0 Å². The summed E-state index contributed by atoms with van der Waals surface area (Å²) < 4.78 is 10.4. The van der Waals surface area contributed by atoms with E-state index >= 15 is 0 Å². The Morgan fingerprint density at radius 3 is 2.35 bits per heavy atom. The number of carboxylic acid groups (broad SMARTS) is 2. The Balaban J connectivity index is 0.00000240. The molecular weight excluding hydrogens is 448 g/mol. The number of alkyl halides is 1. The molecule has 2 aliphatic carbocycles. The molecule has 0 radical (unpaired) electrons. The van der Waals surface area contributed by atoms with Crippen LogP contribution in [0.15, 0.2) is 0 Å². The van der Waals surface area contributed by atoms with Crippen LogP contribution < -0.4 is 74.6 Å². The molecule has 31 heavy (non-hydrogen) atoms. The number of aliphatic hydroxyl groups excluding tert-OH is 1. The van der Waals surface area contributed by atoms with E-state index in [0.29, 0.717) is 19.4 Å². The fourth-order valence-electron chi connectivity index (χ4n) is 4.97. The molecule has 1 aliphatic heterocycles. The third-order valence-electron chi connectivity index (χ3n) is 6.57. The average molecular weight is 478 g/mol. The van der Waals surface area contributed by atoms with Gasteiger partial charge in [0, 0.05) is 18.0 Å². The first-order chi connectivity index (χ1) is 13.7. The maximum atomic E-state index is 11.2. The maximum Gasteiger partial charge on any atom is 1.00 e. The Bertz CT molecular complexity index is 600. The first-order valence-corrected chi connectivity index (χ1v) is 11.0. The summed E-state index contributed by atoms with van der Waals surface area (Å²) in [6.45, 7) is 2.55. The van der Waals surface area contributed by atoms with Crippen LogP contribution in [0.25, 0.3) is 0 Å². The summed E-state index contributed by atoms with van der Waals surface area (Å²) in [5.74, 6) is -6.21. The summed E-state index contributed by atoms with van der Waals surface area (Å²) in [5, 5.41) is 36.5. The van der Waals surface area contributed by atoms with Crippen LogP contribution in [0.5, 0.6) is 0 Å². The fraction of sp³-hybridized carbons (Fsp3) is 0.900. The van der Waals surface area contributed by atoms with Crippen molar-refractivity contribution >= 4 is 23.5 Å². The third kappa shape index (κ3) is 7.52. The van der Waals surface area contributed by atoms with Crippen LogP contribution >= 0.6 is 11.6 Å². The van der Waals surface area contributed by atoms with Gasteiger partial charge in [-0.1, -0.05) is 6.42 Å². The number of aliphatic hydroxyl groups is 1. The minimum atomic E-state index is -2.81. The molecule has 0 aromatic carbocycles. The number of hydrogen-bond donors (Lipinski definition) is 2. The number of aliphatic carboxylic acids is 2. The van der Waals surface area contributed by atoms with E-state index in [1.165, 1.54) is 0 Å². The second-order valence-electron chi connectivity index (χ2n) is 8.82. The van der Waals surface area contributed by atoms with E-state index in [9.17, 15) is 24.9 Å². The summed E-state index contributed by atoms with van der Waals surface area (Å²) in [5.41, 5.74) is 0. The SMILES string of the molecule is CC(CC1CCC2OC(C(=O)[O-])(C(=O)[O-])OC2C1)NCC(O)C1CCCC(Cl)C1.[Na+].[Na+]. The van der Waals surface area contributed by atoms with Gasteiger partial charge in [-0.15, -0.1) is 11.6 Å². The number of nitrogens with one attached hydrogen (secondary N) is 1. The molecule has 0 spiro atoms. The summed E-state index contributed by atoms with van der Waals surface area (Å²) in [6.07, 6.45) is 4.93. The van der Waals surface area contributed by atoms with Gasteiger partial charge in [0.05, 0.1) is 18.3 Å². The number of ether oxygens (including phenoxy) is 2. The van der Waals surface area contributed by atoms with E-state index in [1.54, 1.807) is 0 Å². The van der Waals surface area contributed by atoms with Gasteiger partial charge in [0.25, 0.3) is 5.79 Å². The molecule has 7 atom stereocenters. The van der Waals surface area contributed by atoms with Crippen molar-refractivity contribution in [2.45, 2.75) is 93.8 Å². The molecule has 7 unspecified atom stereocenters. The smallest absolute Gasteiger partial charge is 0.544 e. The van der Waals surface area contributed by atoms with E-state index in [2.05, 4.69) is 5.32 Å². The van der Waals surface area contributed by atoms with Gasteiger partial charge < -0.3 is 39.7 Å². The van der Waals surface area contributed by atoms with Gasteiger partial charge in [0.1, 0.15) is 11.9 Å². The Labute approximate surface area is 232 Å². The van der Waals surface area contributed by atoms with Crippen LogP contribution in [0.2, 0.25) is 0 Å². The zero-order valence-electron chi connectivity index (χ0n) is 18.7. The van der Waals surface area contributed by atoms with Crippen LogP contribution in [-0.2, 0) is 19.1 Å². The number of rotatable bonds is 8. The summed E-state index contributed by atoms with van der Waals surface area (Å²) in [7, 11) is 0. The van der Waals surface area contributed by atoms with E-state index in [1.807, 2.05) is 6.92 Å². The van der Waals surface area contributed by atoms with Gasteiger partial charge in [0.2, 0.25) is 0 Å². The van der Waals surface area contributed by atoms with E-state index in [4.69, 9.17) is 21.1 Å². The van der Waals surface area contributed by atoms with E-state index in [0.717, 1.165) is 38.5 Å². The summed E-state index contributed by atoms with van der Waals surface area (Å²) in [6, 6.07) is 0.149. The van der Waals surface area contributed by atoms with Gasteiger partial charge in [-0.2, -0.15) is 0 Å². The molecule has 8 nitrogen and oxygen atoms in total. The van der Waals surface area contributed by atoms with Gasteiger partial charge in [-0.25, -0.2) is 0 Å². The maximum absolute atomic E-state index is 11.2. The summed E-state index contributed by atoms with van der Waals surface area (Å²) in [4.78, 5) is 22.5. The Hall–Kier alpha value is 1.07. The normalized spacial score (nSPS) is 33.8. The van der Waals surface area contributed by atoms with Crippen molar-refractivity contribution in [2.24, 2.45) is 11.8 Å². The topological polar surface area (TPSA) is 131 Å². The Morgan fingerprint density at radius 2 is 1.74 bits per heavy atom. The average Bonchev–Trinajstić information content (AvgIpc) is 3.06. The van der Waals surface area contributed by atoms with Gasteiger partial charge in [0.15, 0.2) is 0 Å². The molecule has 2 saturated carbocycles. The number of fused-ring (bicyclic) bond motifs is 1. The van der Waals surface area contributed by atoms with Crippen molar-refractivity contribution in [1.82, 2.24) is 5.32 Å². The minimum absolute atomic E-state index is 0. The van der Waals surface area contributed by atoms with Crippen molar-refractivity contribution in [3.8, 4) is 0 Å². The standard InChI is InChI=1S/C20H32ClNO7.2Na/c1-11(22-10-15(23)13-3-2-4-14(21)9-13)7-12-5-6-16-17(8-12)29-20(28-16,18(24)25)19(26)27;;/h11-17,22-23H,2-10H2,1H3,(H,24,25)(H,26,27);;/q;2*+1/p-2. The van der Waals surface area contributed by atoms with E-state index < -0.39 is 36.0 Å². The first-order valence-electron chi connectivity index (χ1n) is 10.5. The molecule has 1 heterocycles. The second kappa shape index (κ2) is 13.2. The van der Waals surface area contributed by atoms with Crippen LogP contribution in [-0.4, -0.2) is 59.1 Å². The van der Waals surface area contributed by atoms with Crippen molar-refractivity contribution in [2.75, 3.05) is 6.54 Å². The van der Waals surface area contributed by atoms with Crippen LogP contribution in [0.4, 0.5) is 0 Å². The number of carbonyl (C=O) groups excluding carboxylic acids is 2. The summed E-state index contributed by atoms with van der Waals surface area (Å²) >= 11 is 6.22. The van der Waals surface area contributed by atoms with Gasteiger partial charge in [-0.3, -0.25) is 0 Å². The molecule has 0 aromatic heterocycles. The molecule has 166 valence electrons. The molecule has 11 heteroatoms. The number of halogens is 1. The third-order valence-corrected chi connectivity index (χ3v) is 6.97. The number of carbonyl (C=O) groups is 2. The fourth-order valence-corrected chi connectivity index (χ4v) is 5.36. The largest absolute Gasteiger partial charge is 1.00 e. The Kier molecular flexibility index (Phi) is 12.9. The van der Waals surface area contributed by atoms with Crippen LogP contribution in [0.3, 0.4) is 0 Å². The molecular formula is C20H30ClNNa2O7. The minimum Gasteiger partial charge on any atom is -0.544 e. The molecule has 2 N–H and O–H groups in total. The zero-order valence-corrected chi connectivity index (χ0v) is 23.4. The van der Waals surface area contributed by atoms with E-state index in [-0.39, 0.29) is 82.4 Å². The monoisotopic (exact) mass is 477 g/mol. The molecule has 3 fully saturated rings. The second-order valence-corrected chi connectivity index (χ2v) is 9.44. The Morgan fingerprint density at radius 1 is 1.10 bits per heavy atom. The van der Waals surface area contributed by atoms with Gasteiger partial charge >= 0.3 is 59.1 Å². The quantitative estimate of drug-likeness (QED) is 0.200. The predicted molar refractivity (Wildman–Crippen MR) is 99.5 cm³/mol. The molecule has 0 aromatic rings. The molecule has 1 saturated heterocycles. The van der Waals surface area contributed by atoms with Crippen molar-refractivity contribution in [3.63, 3.8) is 0 Å². The molecule has 0 bridgehead atoms. The van der Waals surface area contributed by atoms with Crippen molar-refractivity contribution in [1.29, 1.82) is 0 Å². The van der Waals surface area contributed by atoms with Crippen molar-refractivity contribution < 1.29 is 93.5 Å². The van der Waals surface area contributed by atoms with Gasteiger partial charge in [-0.05, 0) is 63.7 Å². The van der Waals surface area contributed by atoms with Crippen LogP contribution in [0, 0.1) is 11.8 Å². The first kappa shape index (κ1) is 30.1. The predicted octanol–water partition coefficient (Wildman–Crippen LogP) is -6.70. The molecule has 0 amide bonds. The zero-order chi connectivity index (χ0) is 21.2. The van der Waals surface area contributed by atoms with Crippen LogP contribution in [0.1, 0.15) is 58.3 Å². The molecule has 3 rings (SSSR count). The molecule has 3 aliphatic rings. The number of carboxylic acids is 2. The number of hydrogen-bond acceptors (Lipinski definition) is 8.